The average molecular weight is 488 g/mol. The molecule has 1 aliphatic rings. The number of methoxy groups -OCH3 is 1. The van der Waals surface area contributed by atoms with Crippen LogP contribution < -0.4 is 15.8 Å². The standard InChI is InChI=1S/C23H29N5O5S/c1-27-14-25-18-11-17(26-22(21(18)23(27)30)24-7-9-33-2)16-4-5-19(20(10-16)34(3,31)32)28-8-6-15(12-28)13-29/h4-5,10-11,14-15,29H,6-9,12-13H2,1-3H3,(H,24,26)/t15-/m1/s1. The van der Waals surface area contributed by atoms with Gasteiger partial charge in [0.05, 0.1) is 34.7 Å². The lowest BCUT2D eigenvalue weighted by molar-refractivity contribution is 0.210. The average Bonchev–Trinajstić information content (AvgIpc) is 3.30. The van der Waals surface area contributed by atoms with E-state index in [-0.39, 0.29) is 23.0 Å². The number of pyridine rings is 1. The van der Waals surface area contributed by atoms with Crippen LogP contribution in [-0.4, -0.2) is 74.3 Å². The van der Waals surface area contributed by atoms with Crippen LogP contribution in [0.5, 0.6) is 0 Å². The number of aryl methyl sites for hydroxylation is 1. The lowest BCUT2D eigenvalue weighted by atomic mass is 10.1. The second kappa shape index (κ2) is 9.69. The van der Waals surface area contributed by atoms with Crippen LogP contribution >= 0.6 is 0 Å². The fourth-order valence-electron chi connectivity index (χ4n) is 4.20. The molecule has 1 fully saturated rings. The monoisotopic (exact) mass is 487 g/mol. The van der Waals surface area contributed by atoms with Crippen LogP contribution in [0.2, 0.25) is 0 Å². The first-order valence-electron chi connectivity index (χ1n) is 11.0. The molecule has 1 saturated heterocycles. The van der Waals surface area contributed by atoms with Gasteiger partial charge in [0, 0.05) is 58.1 Å². The molecule has 10 nitrogen and oxygen atoms in total. The zero-order valence-corrected chi connectivity index (χ0v) is 20.3. The molecule has 0 radical (unpaired) electrons. The molecule has 0 bridgehead atoms. The Morgan fingerprint density at radius 1 is 1.29 bits per heavy atom. The van der Waals surface area contributed by atoms with E-state index in [9.17, 15) is 18.3 Å². The maximum Gasteiger partial charge on any atom is 0.264 e. The van der Waals surface area contributed by atoms with E-state index in [4.69, 9.17) is 4.74 Å². The van der Waals surface area contributed by atoms with Gasteiger partial charge in [-0.25, -0.2) is 18.4 Å². The minimum atomic E-state index is -3.54. The van der Waals surface area contributed by atoms with Gasteiger partial charge in [0.15, 0.2) is 9.84 Å². The topological polar surface area (TPSA) is 127 Å². The molecule has 182 valence electrons. The maximum atomic E-state index is 12.8. The Bertz CT molecular complexity index is 1370. The molecule has 2 aromatic heterocycles. The third kappa shape index (κ3) is 4.77. The number of nitrogens with one attached hydrogen (secondary N) is 1. The van der Waals surface area contributed by atoms with Crippen molar-refractivity contribution in [2.24, 2.45) is 13.0 Å². The molecule has 0 saturated carbocycles. The van der Waals surface area contributed by atoms with Crippen molar-refractivity contribution in [2.45, 2.75) is 11.3 Å². The summed E-state index contributed by atoms with van der Waals surface area (Å²) in [4.78, 5) is 24.0. The molecule has 1 atom stereocenters. The molecule has 2 N–H and O–H groups in total. The highest BCUT2D eigenvalue weighted by molar-refractivity contribution is 7.90. The summed E-state index contributed by atoms with van der Waals surface area (Å²) < 4.78 is 31.9. The van der Waals surface area contributed by atoms with Crippen molar-refractivity contribution in [3.63, 3.8) is 0 Å². The summed E-state index contributed by atoms with van der Waals surface area (Å²) in [7, 11) is -0.333. The predicted molar refractivity (Wildman–Crippen MR) is 131 cm³/mol. The highest BCUT2D eigenvalue weighted by Crippen LogP contribution is 2.34. The van der Waals surface area contributed by atoms with Crippen LogP contribution in [0.4, 0.5) is 11.5 Å². The second-order valence-electron chi connectivity index (χ2n) is 8.57. The molecule has 4 rings (SSSR count). The fraction of sp³-hybridized carbons (Fsp3) is 0.435. The first-order chi connectivity index (χ1) is 16.2. The molecule has 0 aliphatic carbocycles. The third-order valence-corrected chi connectivity index (χ3v) is 7.17. The van der Waals surface area contributed by atoms with Gasteiger partial charge in [-0.2, -0.15) is 0 Å². The van der Waals surface area contributed by atoms with Gasteiger partial charge < -0.3 is 24.6 Å². The maximum absolute atomic E-state index is 12.8. The van der Waals surface area contributed by atoms with Crippen molar-refractivity contribution < 1.29 is 18.3 Å². The molecular formula is C23H29N5O5S. The van der Waals surface area contributed by atoms with E-state index in [0.717, 1.165) is 6.42 Å². The lowest BCUT2D eigenvalue weighted by Crippen LogP contribution is -2.22. The summed E-state index contributed by atoms with van der Waals surface area (Å²) in [5.41, 5.74) is 1.95. The van der Waals surface area contributed by atoms with E-state index in [0.29, 0.717) is 59.9 Å². The predicted octanol–water partition coefficient (Wildman–Crippen LogP) is 1.28. The number of sulfone groups is 1. The van der Waals surface area contributed by atoms with E-state index in [1.165, 1.54) is 17.2 Å². The van der Waals surface area contributed by atoms with Crippen LogP contribution in [0.15, 0.2) is 40.3 Å². The second-order valence-corrected chi connectivity index (χ2v) is 10.6. The molecule has 0 unspecified atom stereocenters. The molecule has 3 heterocycles. The number of rotatable bonds is 8. The van der Waals surface area contributed by atoms with Gasteiger partial charge in [0.1, 0.15) is 11.2 Å². The number of fused-ring (bicyclic) bond motifs is 1. The summed E-state index contributed by atoms with van der Waals surface area (Å²) in [5.74, 6) is 0.497. The van der Waals surface area contributed by atoms with Gasteiger partial charge in [-0.1, -0.05) is 6.07 Å². The number of ether oxygens (including phenoxy) is 1. The third-order valence-electron chi connectivity index (χ3n) is 6.04. The normalized spacial score (nSPS) is 16.4. The Balaban J connectivity index is 1.83. The number of anilines is 2. The summed E-state index contributed by atoms with van der Waals surface area (Å²) in [5, 5.41) is 13.0. The van der Waals surface area contributed by atoms with Crippen molar-refractivity contribution in [3.8, 4) is 11.3 Å². The van der Waals surface area contributed by atoms with Crippen LogP contribution in [0.1, 0.15) is 6.42 Å². The largest absolute Gasteiger partial charge is 0.396 e. The zero-order valence-electron chi connectivity index (χ0n) is 19.5. The number of nitrogens with zero attached hydrogens (tertiary/aromatic N) is 4. The molecule has 1 aliphatic heterocycles. The van der Waals surface area contributed by atoms with E-state index in [2.05, 4.69) is 15.3 Å². The number of hydrogen-bond donors (Lipinski definition) is 2. The smallest absolute Gasteiger partial charge is 0.264 e. The van der Waals surface area contributed by atoms with E-state index >= 15 is 0 Å². The minimum absolute atomic E-state index is 0.0785. The summed E-state index contributed by atoms with van der Waals surface area (Å²) in [6.07, 6.45) is 3.44. The van der Waals surface area contributed by atoms with Crippen molar-refractivity contribution in [3.05, 3.63) is 40.9 Å². The summed E-state index contributed by atoms with van der Waals surface area (Å²) in [6.45, 7) is 2.23. The van der Waals surface area contributed by atoms with Crippen molar-refractivity contribution >= 4 is 32.2 Å². The quantitative estimate of drug-likeness (QED) is 0.452. The van der Waals surface area contributed by atoms with Gasteiger partial charge in [0.2, 0.25) is 0 Å². The summed E-state index contributed by atoms with van der Waals surface area (Å²) in [6, 6.07) is 6.92. The van der Waals surface area contributed by atoms with E-state index in [1.54, 1.807) is 32.4 Å². The van der Waals surface area contributed by atoms with E-state index < -0.39 is 9.84 Å². The fourth-order valence-corrected chi connectivity index (χ4v) is 5.12. The van der Waals surface area contributed by atoms with Gasteiger partial charge in [-0.05, 0) is 24.6 Å². The van der Waals surface area contributed by atoms with Crippen LogP contribution in [0, 0.1) is 5.92 Å². The number of aliphatic hydroxyl groups excluding tert-OH is 1. The van der Waals surface area contributed by atoms with Crippen molar-refractivity contribution in [2.75, 3.05) is 56.4 Å². The summed E-state index contributed by atoms with van der Waals surface area (Å²) >= 11 is 0. The molecule has 3 aromatic rings. The van der Waals surface area contributed by atoms with Crippen molar-refractivity contribution in [1.29, 1.82) is 0 Å². The van der Waals surface area contributed by atoms with Gasteiger partial charge >= 0.3 is 0 Å². The number of aliphatic hydroxyl groups is 1. The van der Waals surface area contributed by atoms with Gasteiger partial charge in [-0.3, -0.25) is 4.79 Å². The SMILES string of the molecule is COCCNc1nc(-c2ccc(N3CC[C@@H](CO)C3)c(S(C)(=O)=O)c2)cc2ncn(C)c(=O)c12. The lowest BCUT2D eigenvalue weighted by Gasteiger charge is -2.22. The zero-order chi connectivity index (χ0) is 24.5. The number of benzene rings is 1. The first-order valence-corrected chi connectivity index (χ1v) is 12.9. The molecule has 0 spiro atoms. The highest BCUT2D eigenvalue weighted by atomic mass is 32.2. The Hall–Kier alpha value is -3.02. The van der Waals surface area contributed by atoms with Crippen LogP contribution in [-0.2, 0) is 21.6 Å². The van der Waals surface area contributed by atoms with Gasteiger partial charge in [-0.15, -0.1) is 0 Å². The molecule has 34 heavy (non-hydrogen) atoms. The Morgan fingerprint density at radius 2 is 2.09 bits per heavy atom. The number of aromatic nitrogens is 3. The first kappa shape index (κ1) is 24.1. The molecule has 0 amide bonds. The van der Waals surface area contributed by atoms with Crippen molar-refractivity contribution in [1.82, 2.24) is 14.5 Å². The molecule has 11 heteroatoms. The molecular weight excluding hydrogens is 458 g/mol. The Kier molecular flexibility index (Phi) is 6.87. The number of hydrogen-bond acceptors (Lipinski definition) is 9. The molecule has 1 aromatic carbocycles. The van der Waals surface area contributed by atoms with Gasteiger partial charge in [0.25, 0.3) is 5.56 Å². The van der Waals surface area contributed by atoms with E-state index in [1.807, 2.05) is 11.0 Å². The Labute approximate surface area is 198 Å². The van der Waals surface area contributed by atoms with Crippen LogP contribution in [0.25, 0.3) is 22.2 Å². The minimum Gasteiger partial charge on any atom is -0.396 e. The van der Waals surface area contributed by atoms with Crippen LogP contribution in [0.3, 0.4) is 0 Å². The Morgan fingerprint density at radius 3 is 2.76 bits per heavy atom. The highest BCUT2D eigenvalue weighted by Gasteiger charge is 2.27.